The molecule has 1 spiro atoms. The maximum Gasteiger partial charge on any atom is 0.255 e. The van der Waals surface area contributed by atoms with Gasteiger partial charge in [0.05, 0.1) is 5.56 Å². The molecule has 2 aliphatic rings. The summed E-state index contributed by atoms with van der Waals surface area (Å²) in [6.45, 7) is 1.93. The molecule has 0 bridgehead atoms. The number of carbonyl (C=O) groups is 3. The minimum Gasteiger partial charge on any atom is -0.361 e. The van der Waals surface area contributed by atoms with Crippen molar-refractivity contribution >= 4 is 46.5 Å². The third kappa shape index (κ3) is 4.49. The van der Waals surface area contributed by atoms with Crippen molar-refractivity contribution < 1.29 is 14.4 Å². The highest BCUT2D eigenvalue weighted by Gasteiger charge is 2.40. The summed E-state index contributed by atoms with van der Waals surface area (Å²) in [6.07, 6.45) is 3.20. The van der Waals surface area contributed by atoms with E-state index in [0.717, 1.165) is 35.3 Å². The first kappa shape index (κ1) is 20.0. The minimum absolute atomic E-state index is 0.157. The predicted octanol–water partition coefficient (Wildman–Crippen LogP) is 3.12. The minimum atomic E-state index is -0.456. The normalized spacial score (nSPS) is 19.8. The largest absolute Gasteiger partial charge is 0.361 e. The van der Waals surface area contributed by atoms with Crippen molar-refractivity contribution in [2.24, 2.45) is 0 Å². The Bertz CT molecular complexity index is 1040. The number of carbonyl (C=O) groups excluding carboxylic acids is 3. The van der Waals surface area contributed by atoms with Gasteiger partial charge in [0.1, 0.15) is 5.66 Å². The molecular formula is C22H22N4O3S. The molecule has 3 amide bonds. The van der Waals surface area contributed by atoms with E-state index in [2.05, 4.69) is 21.3 Å². The number of anilines is 3. The third-order valence-corrected chi connectivity index (χ3v) is 6.14. The average molecular weight is 423 g/mol. The molecule has 4 rings (SSSR count). The first-order chi connectivity index (χ1) is 14.4. The van der Waals surface area contributed by atoms with Crippen molar-refractivity contribution in [1.29, 1.82) is 0 Å². The summed E-state index contributed by atoms with van der Waals surface area (Å²) in [5.41, 5.74) is 3.03. The van der Waals surface area contributed by atoms with Crippen LogP contribution in [-0.2, 0) is 9.59 Å². The molecule has 2 heterocycles. The van der Waals surface area contributed by atoms with Gasteiger partial charge in [0.2, 0.25) is 11.8 Å². The molecule has 0 saturated carbocycles. The highest BCUT2D eigenvalue weighted by Crippen LogP contribution is 2.35. The molecule has 1 atom stereocenters. The Morgan fingerprint density at radius 3 is 2.43 bits per heavy atom. The lowest BCUT2D eigenvalue weighted by molar-refractivity contribution is -0.114. The van der Waals surface area contributed by atoms with Gasteiger partial charge in [-0.3, -0.25) is 14.4 Å². The number of thioether (sulfide) groups is 1. The zero-order valence-electron chi connectivity index (χ0n) is 16.5. The smallest absolute Gasteiger partial charge is 0.255 e. The van der Waals surface area contributed by atoms with Crippen LogP contribution in [0.4, 0.5) is 17.1 Å². The van der Waals surface area contributed by atoms with E-state index in [1.807, 2.05) is 25.1 Å². The molecule has 2 aromatic rings. The Kier molecular flexibility index (Phi) is 5.50. The summed E-state index contributed by atoms with van der Waals surface area (Å²) in [5, 5.41) is 11.9. The lowest BCUT2D eigenvalue weighted by Gasteiger charge is -2.37. The number of hydrogen-bond donors (Lipinski definition) is 4. The van der Waals surface area contributed by atoms with E-state index in [-0.39, 0.29) is 11.6 Å². The van der Waals surface area contributed by atoms with Crippen LogP contribution in [0.3, 0.4) is 0 Å². The lowest BCUT2D eigenvalue weighted by Crippen LogP contribution is -2.57. The van der Waals surface area contributed by atoms with Crippen molar-refractivity contribution in [2.45, 2.75) is 19.0 Å². The van der Waals surface area contributed by atoms with Gasteiger partial charge >= 0.3 is 0 Å². The summed E-state index contributed by atoms with van der Waals surface area (Å²) in [7, 11) is 0. The molecule has 7 nitrogen and oxygen atoms in total. The van der Waals surface area contributed by atoms with Crippen molar-refractivity contribution in [1.82, 2.24) is 5.32 Å². The molecule has 2 aromatic carbocycles. The number of fused-ring (bicyclic) bond motifs is 1. The van der Waals surface area contributed by atoms with E-state index in [1.165, 1.54) is 6.08 Å². The summed E-state index contributed by atoms with van der Waals surface area (Å²) in [6, 6.07) is 12.5. The highest BCUT2D eigenvalue weighted by molar-refractivity contribution is 7.99. The topological polar surface area (TPSA) is 99.3 Å². The summed E-state index contributed by atoms with van der Waals surface area (Å²) in [4.78, 5) is 36.7. The molecule has 1 saturated heterocycles. The first-order valence-electron chi connectivity index (χ1n) is 9.62. The van der Waals surface area contributed by atoms with Crippen LogP contribution in [0.1, 0.15) is 22.3 Å². The van der Waals surface area contributed by atoms with Gasteiger partial charge in [-0.25, -0.2) is 0 Å². The molecular weight excluding hydrogens is 400 g/mol. The molecule has 154 valence electrons. The fourth-order valence-corrected chi connectivity index (χ4v) is 4.77. The zero-order valence-corrected chi connectivity index (χ0v) is 17.3. The highest BCUT2D eigenvalue weighted by atomic mass is 32.2. The van der Waals surface area contributed by atoms with Crippen molar-refractivity contribution in [3.05, 3.63) is 65.7 Å². The van der Waals surface area contributed by atoms with Gasteiger partial charge in [0, 0.05) is 35.0 Å². The average Bonchev–Trinajstić information content (AvgIpc) is 3.14. The molecule has 2 aliphatic heterocycles. The number of rotatable bonds is 4. The van der Waals surface area contributed by atoms with Crippen LogP contribution in [0.2, 0.25) is 0 Å². The molecule has 0 radical (unpaired) electrons. The number of benzene rings is 2. The van der Waals surface area contributed by atoms with E-state index < -0.39 is 11.8 Å². The summed E-state index contributed by atoms with van der Waals surface area (Å²) >= 11 is 1.80. The third-order valence-electron chi connectivity index (χ3n) is 4.95. The standard InChI is InChI=1S/C22H22N4O3S/c1-14-3-2-4-15(11-14)23-19(27)7-8-20(28)24-16-5-6-18-17(12-16)21(29)26-22(25-18)9-10-30-13-22/h2-8,11-12,25H,9-10,13H2,1H3,(H,23,27)(H,24,28)(H,26,29)/b8-7+. The van der Waals surface area contributed by atoms with Crippen LogP contribution in [0.15, 0.2) is 54.6 Å². The van der Waals surface area contributed by atoms with Gasteiger partial charge in [0.15, 0.2) is 0 Å². The van der Waals surface area contributed by atoms with Crippen LogP contribution < -0.4 is 21.3 Å². The zero-order chi connectivity index (χ0) is 21.1. The van der Waals surface area contributed by atoms with Crippen LogP contribution >= 0.6 is 11.8 Å². The number of hydrogen-bond acceptors (Lipinski definition) is 5. The fourth-order valence-electron chi connectivity index (χ4n) is 3.50. The van der Waals surface area contributed by atoms with Crippen molar-refractivity contribution in [2.75, 3.05) is 27.5 Å². The molecule has 8 heteroatoms. The lowest BCUT2D eigenvalue weighted by atomic mass is 10.0. The SMILES string of the molecule is Cc1cccc(NC(=O)/C=C/C(=O)Nc2ccc3c(c2)C(=O)NC2(CCSC2)N3)c1. The van der Waals surface area contributed by atoms with E-state index >= 15 is 0 Å². The quantitative estimate of drug-likeness (QED) is 0.568. The number of amides is 3. The van der Waals surface area contributed by atoms with Crippen LogP contribution in [-0.4, -0.2) is 34.9 Å². The molecule has 0 aromatic heterocycles. The predicted molar refractivity (Wildman–Crippen MR) is 120 cm³/mol. The molecule has 30 heavy (non-hydrogen) atoms. The second-order valence-electron chi connectivity index (χ2n) is 7.41. The summed E-state index contributed by atoms with van der Waals surface area (Å²) < 4.78 is 0. The number of aryl methyl sites for hydroxylation is 1. The second kappa shape index (κ2) is 8.23. The Hall–Kier alpha value is -3.26. The van der Waals surface area contributed by atoms with Crippen LogP contribution in [0.5, 0.6) is 0 Å². The van der Waals surface area contributed by atoms with Gasteiger partial charge in [-0.2, -0.15) is 11.8 Å². The Morgan fingerprint density at radius 2 is 1.77 bits per heavy atom. The van der Waals surface area contributed by atoms with Crippen LogP contribution in [0, 0.1) is 6.92 Å². The van der Waals surface area contributed by atoms with Crippen LogP contribution in [0.25, 0.3) is 0 Å². The maximum absolute atomic E-state index is 12.6. The molecule has 1 fully saturated rings. The van der Waals surface area contributed by atoms with E-state index in [0.29, 0.717) is 16.9 Å². The second-order valence-corrected chi connectivity index (χ2v) is 8.51. The Labute approximate surface area is 178 Å². The van der Waals surface area contributed by atoms with Gasteiger partial charge in [-0.15, -0.1) is 0 Å². The maximum atomic E-state index is 12.6. The van der Waals surface area contributed by atoms with Crippen molar-refractivity contribution in [3.8, 4) is 0 Å². The molecule has 1 unspecified atom stereocenters. The van der Waals surface area contributed by atoms with E-state index in [9.17, 15) is 14.4 Å². The van der Waals surface area contributed by atoms with Crippen molar-refractivity contribution in [3.63, 3.8) is 0 Å². The molecule has 4 N–H and O–H groups in total. The number of nitrogens with one attached hydrogen (secondary N) is 4. The summed E-state index contributed by atoms with van der Waals surface area (Å²) in [5.74, 6) is 0.814. The van der Waals surface area contributed by atoms with Gasteiger partial charge in [-0.1, -0.05) is 12.1 Å². The van der Waals surface area contributed by atoms with E-state index in [1.54, 1.807) is 36.0 Å². The Balaban J connectivity index is 1.38. The van der Waals surface area contributed by atoms with Gasteiger partial charge in [-0.05, 0) is 55.0 Å². The van der Waals surface area contributed by atoms with Gasteiger partial charge < -0.3 is 21.3 Å². The van der Waals surface area contributed by atoms with E-state index in [4.69, 9.17) is 0 Å². The Morgan fingerprint density at radius 1 is 1.03 bits per heavy atom. The monoisotopic (exact) mass is 422 g/mol. The first-order valence-corrected chi connectivity index (χ1v) is 10.8. The molecule has 0 aliphatic carbocycles. The van der Waals surface area contributed by atoms with Gasteiger partial charge in [0.25, 0.3) is 5.91 Å². The fraction of sp³-hybridized carbons (Fsp3) is 0.227.